The Morgan fingerprint density at radius 3 is 2.55 bits per heavy atom. The number of para-hydroxylation sites is 1. The zero-order chi connectivity index (χ0) is 14.3. The van der Waals surface area contributed by atoms with E-state index in [-0.39, 0.29) is 15.8 Å². The van der Waals surface area contributed by atoms with Gasteiger partial charge in [-0.25, -0.2) is 8.78 Å². The summed E-state index contributed by atoms with van der Waals surface area (Å²) in [5, 5.41) is 10.8. The van der Waals surface area contributed by atoms with Crippen molar-refractivity contribution >= 4 is 26.9 Å². The molecule has 1 N–H and O–H groups in total. The molecule has 0 radical (unpaired) electrons. The predicted molar refractivity (Wildman–Crippen MR) is 74.3 cm³/mol. The van der Waals surface area contributed by atoms with Crippen molar-refractivity contribution in [2.24, 2.45) is 0 Å². The van der Waals surface area contributed by atoms with Gasteiger partial charge in [-0.05, 0) is 45.8 Å². The highest BCUT2D eigenvalue weighted by Crippen LogP contribution is 2.31. The van der Waals surface area contributed by atoms with Crippen LogP contribution < -0.4 is 0 Å². The standard InChI is InChI=1S/C15H9BrF2O2/c16-10-6-8(4-5-11(10)17)14(19)13-7-9-2-1-3-12(18)15(9)20-13/h1-7,14,19H. The molecule has 2 aromatic carbocycles. The first-order valence-corrected chi connectivity index (χ1v) is 6.66. The van der Waals surface area contributed by atoms with Crippen molar-refractivity contribution in [1.82, 2.24) is 0 Å². The number of halogens is 3. The summed E-state index contributed by atoms with van der Waals surface area (Å²) in [6.45, 7) is 0. The van der Waals surface area contributed by atoms with Gasteiger partial charge in [-0.15, -0.1) is 0 Å². The molecule has 2 nitrogen and oxygen atoms in total. The van der Waals surface area contributed by atoms with E-state index in [0.29, 0.717) is 10.9 Å². The van der Waals surface area contributed by atoms with Crippen LogP contribution in [0.5, 0.6) is 0 Å². The molecule has 1 aromatic heterocycles. The largest absolute Gasteiger partial charge is 0.455 e. The van der Waals surface area contributed by atoms with Crippen LogP contribution in [0.15, 0.2) is 51.4 Å². The van der Waals surface area contributed by atoms with Crippen LogP contribution in [0.25, 0.3) is 11.0 Å². The molecule has 0 spiro atoms. The fraction of sp³-hybridized carbons (Fsp3) is 0.0667. The van der Waals surface area contributed by atoms with Gasteiger partial charge < -0.3 is 9.52 Å². The first-order valence-electron chi connectivity index (χ1n) is 5.87. The van der Waals surface area contributed by atoms with Crippen molar-refractivity contribution in [3.63, 3.8) is 0 Å². The molecule has 0 fully saturated rings. The Morgan fingerprint density at radius 1 is 1.05 bits per heavy atom. The normalized spacial score (nSPS) is 12.8. The number of furan rings is 1. The van der Waals surface area contributed by atoms with Gasteiger partial charge in [-0.3, -0.25) is 0 Å². The lowest BCUT2D eigenvalue weighted by Crippen LogP contribution is -1.98. The van der Waals surface area contributed by atoms with E-state index >= 15 is 0 Å². The quantitative estimate of drug-likeness (QED) is 0.743. The first-order chi connectivity index (χ1) is 9.56. The van der Waals surface area contributed by atoms with Crippen LogP contribution in [0.2, 0.25) is 0 Å². The van der Waals surface area contributed by atoms with Crippen LogP contribution in [-0.4, -0.2) is 5.11 Å². The second-order valence-corrected chi connectivity index (χ2v) is 5.24. The smallest absolute Gasteiger partial charge is 0.170 e. The lowest BCUT2D eigenvalue weighted by Gasteiger charge is -2.08. The third-order valence-electron chi connectivity index (χ3n) is 3.04. The number of hydrogen-bond donors (Lipinski definition) is 1. The fourth-order valence-electron chi connectivity index (χ4n) is 2.03. The first kappa shape index (κ1) is 13.3. The van der Waals surface area contributed by atoms with Gasteiger partial charge in [0.2, 0.25) is 0 Å². The summed E-state index contributed by atoms with van der Waals surface area (Å²) in [6.07, 6.45) is -1.08. The summed E-state index contributed by atoms with van der Waals surface area (Å²) in [7, 11) is 0. The molecule has 0 amide bonds. The number of aliphatic hydroxyl groups excluding tert-OH is 1. The highest BCUT2D eigenvalue weighted by atomic mass is 79.9. The monoisotopic (exact) mass is 338 g/mol. The van der Waals surface area contributed by atoms with Crippen molar-refractivity contribution in [1.29, 1.82) is 0 Å². The van der Waals surface area contributed by atoms with Gasteiger partial charge in [0, 0.05) is 5.39 Å². The van der Waals surface area contributed by atoms with E-state index in [4.69, 9.17) is 4.42 Å². The summed E-state index contributed by atoms with van der Waals surface area (Å²) >= 11 is 3.06. The van der Waals surface area contributed by atoms with Crippen molar-refractivity contribution in [2.45, 2.75) is 6.10 Å². The average molecular weight is 339 g/mol. The van der Waals surface area contributed by atoms with Gasteiger partial charge in [-0.1, -0.05) is 18.2 Å². The van der Waals surface area contributed by atoms with E-state index in [1.807, 2.05) is 0 Å². The zero-order valence-electron chi connectivity index (χ0n) is 10.1. The summed E-state index contributed by atoms with van der Waals surface area (Å²) in [5.41, 5.74) is 0.556. The molecule has 3 rings (SSSR count). The molecule has 3 aromatic rings. The van der Waals surface area contributed by atoms with Crippen LogP contribution >= 0.6 is 15.9 Å². The van der Waals surface area contributed by atoms with E-state index < -0.39 is 17.7 Å². The summed E-state index contributed by atoms with van der Waals surface area (Å²) < 4.78 is 32.3. The minimum Gasteiger partial charge on any atom is -0.455 e. The molecule has 1 heterocycles. The molecule has 20 heavy (non-hydrogen) atoms. The fourth-order valence-corrected chi connectivity index (χ4v) is 2.43. The maximum absolute atomic E-state index is 13.5. The van der Waals surface area contributed by atoms with Gasteiger partial charge in [0.05, 0.1) is 4.47 Å². The number of rotatable bonds is 2. The zero-order valence-corrected chi connectivity index (χ0v) is 11.7. The third-order valence-corrected chi connectivity index (χ3v) is 3.65. The molecule has 0 saturated heterocycles. The molecule has 102 valence electrons. The molecule has 0 bridgehead atoms. The maximum Gasteiger partial charge on any atom is 0.170 e. The van der Waals surface area contributed by atoms with E-state index in [2.05, 4.69) is 15.9 Å². The van der Waals surface area contributed by atoms with Gasteiger partial charge in [0.15, 0.2) is 11.4 Å². The van der Waals surface area contributed by atoms with Gasteiger partial charge in [0.1, 0.15) is 17.7 Å². The Labute approximate surface area is 121 Å². The minimum absolute atomic E-state index is 0.0997. The molecule has 0 aliphatic carbocycles. The SMILES string of the molecule is OC(c1ccc(F)c(Br)c1)c1cc2cccc(F)c2o1. The van der Waals surface area contributed by atoms with Crippen molar-refractivity contribution in [3.8, 4) is 0 Å². The van der Waals surface area contributed by atoms with Crippen molar-refractivity contribution in [2.75, 3.05) is 0 Å². The second-order valence-electron chi connectivity index (χ2n) is 4.38. The number of benzene rings is 2. The van der Waals surface area contributed by atoms with Crippen molar-refractivity contribution in [3.05, 3.63) is 69.9 Å². The lowest BCUT2D eigenvalue weighted by atomic mass is 10.1. The van der Waals surface area contributed by atoms with Crippen LogP contribution in [-0.2, 0) is 0 Å². The number of hydrogen-bond acceptors (Lipinski definition) is 2. The topological polar surface area (TPSA) is 33.4 Å². The van der Waals surface area contributed by atoms with Gasteiger partial charge >= 0.3 is 0 Å². The van der Waals surface area contributed by atoms with Gasteiger partial charge in [0.25, 0.3) is 0 Å². The average Bonchev–Trinajstić information content (AvgIpc) is 2.86. The molecule has 0 saturated carbocycles. The highest BCUT2D eigenvalue weighted by molar-refractivity contribution is 9.10. The van der Waals surface area contributed by atoms with Gasteiger partial charge in [-0.2, -0.15) is 0 Å². The van der Waals surface area contributed by atoms with Crippen LogP contribution in [0.1, 0.15) is 17.4 Å². The highest BCUT2D eigenvalue weighted by Gasteiger charge is 2.18. The van der Waals surface area contributed by atoms with E-state index in [1.54, 1.807) is 18.2 Å². The Balaban J connectivity index is 2.05. The Kier molecular flexibility index (Phi) is 3.31. The van der Waals surface area contributed by atoms with Crippen LogP contribution in [0.3, 0.4) is 0 Å². The Bertz CT molecular complexity index is 783. The Hall–Kier alpha value is -1.72. The second kappa shape index (κ2) is 5.00. The van der Waals surface area contributed by atoms with E-state index in [0.717, 1.165) is 0 Å². The van der Waals surface area contributed by atoms with Crippen LogP contribution in [0, 0.1) is 11.6 Å². The summed E-state index contributed by atoms with van der Waals surface area (Å²) in [6, 6.07) is 10.3. The van der Waals surface area contributed by atoms with E-state index in [9.17, 15) is 13.9 Å². The lowest BCUT2D eigenvalue weighted by molar-refractivity contribution is 0.191. The molecular formula is C15H9BrF2O2. The molecule has 1 unspecified atom stereocenters. The number of fused-ring (bicyclic) bond motifs is 1. The molecule has 0 aliphatic heterocycles. The van der Waals surface area contributed by atoms with E-state index in [1.165, 1.54) is 24.3 Å². The summed E-state index contributed by atoms with van der Waals surface area (Å²) in [5.74, 6) is -0.693. The predicted octanol–water partition coefficient (Wildman–Crippen LogP) is 4.56. The Morgan fingerprint density at radius 2 is 1.85 bits per heavy atom. The molecule has 5 heteroatoms. The summed E-state index contributed by atoms with van der Waals surface area (Å²) in [4.78, 5) is 0. The molecule has 1 atom stereocenters. The molecule has 0 aliphatic rings. The number of aliphatic hydroxyl groups is 1. The third kappa shape index (κ3) is 2.23. The molecular weight excluding hydrogens is 330 g/mol. The van der Waals surface area contributed by atoms with Crippen molar-refractivity contribution < 1.29 is 18.3 Å². The van der Waals surface area contributed by atoms with Crippen LogP contribution in [0.4, 0.5) is 8.78 Å². The minimum atomic E-state index is -1.08. The maximum atomic E-state index is 13.5.